The Morgan fingerprint density at radius 2 is 1.72 bits per heavy atom. The molecule has 312 valence electrons. The second-order valence-electron chi connectivity index (χ2n) is 17.7. The topological polar surface area (TPSA) is 182 Å². The molecule has 2 aliphatic carbocycles. The summed E-state index contributed by atoms with van der Waals surface area (Å²) in [5, 5.41) is 6.25. The average molecular weight is 818 g/mol. The lowest BCUT2D eigenvalue weighted by Crippen LogP contribution is -2.60. The Hall–Kier alpha value is -5.18. The summed E-state index contributed by atoms with van der Waals surface area (Å²) in [6, 6.07) is 14.5. The van der Waals surface area contributed by atoms with Gasteiger partial charge < -0.3 is 29.7 Å². The summed E-state index contributed by atoms with van der Waals surface area (Å²) in [5.74, 6) is -1.57. The van der Waals surface area contributed by atoms with Crippen LogP contribution in [0.4, 0.5) is 4.79 Å². The molecule has 1 saturated heterocycles. The van der Waals surface area contributed by atoms with Crippen LogP contribution in [-0.2, 0) is 29.1 Å². The second-order valence-corrected chi connectivity index (χ2v) is 19.7. The fourth-order valence-corrected chi connectivity index (χ4v) is 9.22. The molecule has 0 bridgehead atoms. The van der Waals surface area contributed by atoms with Crippen molar-refractivity contribution in [3.8, 4) is 22.8 Å². The highest BCUT2D eigenvalue weighted by Crippen LogP contribution is 2.48. The molecule has 15 heteroatoms. The SMILES string of the molecule is C=C[C@H]1C[C@@]1(NC(=O)[C@@H]1C[C@@H](Oc2cc(-c3ccccc3)nc3cc(OC)ccc23)CN1C(=O)[C@@H](NC(=O)OC(C)(C)C)C(C)(C)C)C(=O)NS(=O)(=O)C1(CC)CC1. The van der Waals surface area contributed by atoms with Gasteiger partial charge in [-0.15, -0.1) is 6.58 Å². The quantitative estimate of drug-likeness (QED) is 0.183. The van der Waals surface area contributed by atoms with Crippen LogP contribution in [0.5, 0.6) is 11.5 Å². The molecule has 2 saturated carbocycles. The highest BCUT2D eigenvalue weighted by atomic mass is 32.2. The van der Waals surface area contributed by atoms with E-state index in [1.165, 1.54) is 11.0 Å². The van der Waals surface area contributed by atoms with Gasteiger partial charge in [0.25, 0.3) is 5.91 Å². The van der Waals surface area contributed by atoms with Crippen molar-refractivity contribution < 1.29 is 41.8 Å². The van der Waals surface area contributed by atoms with Gasteiger partial charge in [0.15, 0.2) is 0 Å². The number of rotatable bonds is 13. The first-order valence-electron chi connectivity index (χ1n) is 19.7. The van der Waals surface area contributed by atoms with Gasteiger partial charge in [-0.25, -0.2) is 18.2 Å². The van der Waals surface area contributed by atoms with Crippen LogP contribution in [0.3, 0.4) is 0 Å². The van der Waals surface area contributed by atoms with E-state index in [1.807, 2.05) is 42.5 Å². The van der Waals surface area contributed by atoms with E-state index in [9.17, 15) is 27.6 Å². The third kappa shape index (κ3) is 8.64. The number of sulfonamides is 1. The summed E-state index contributed by atoms with van der Waals surface area (Å²) in [6.07, 6.45) is 1.34. The summed E-state index contributed by atoms with van der Waals surface area (Å²) < 4.78 is 45.6. The Bertz CT molecular complexity index is 2210. The molecule has 1 aliphatic heterocycles. The van der Waals surface area contributed by atoms with Gasteiger partial charge in [0, 0.05) is 35.4 Å². The van der Waals surface area contributed by atoms with Gasteiger partial charge in [-0.05, 0) is 64.0 Å². The molecular weight excluding hydrogens is 763 g/mol. The Morgan fingerprint density at radius 1 is 1.03 bits per heavy atom. The summed E-state index contributed by atoms with van der Waals surface area (Å²) >= 11 is 0. The number of benzene rings is 2. The molecule has 3 aliphatic rings. The number of methoxy groups -OCH3 is 1. The van der Waals surface area contributed by atoms with E-state index in [4.69, 9.17) is 19.2 Å². The van der Waals surface area contributed by atoms with E-state index in [1.54, 1.807) is 67.7 Å². The zero-order valence-corrected chi connectivity index (χ0v) is 35.3. The average Bonchev–Trinajstić information content (AvgIpc) is 4.07. The van der Waals surface area contributed by atoms with Crippen LogP contribution >= 0.6 is 0 Å². The maximum absolute atomic E-state index is 14.7. The number of nitrogens with one attached hydrogen (secondary N) is 3. The largest absolute Gasteiger partial charge is 0.497 e. The number of pyridine rings is 1. The van der Waals surface area contributed by atoms with E-state index in [0.29, 0.717) is 47.4 Å². The van der Waals surface area contributed by atoms with Crippen LogP contribution in [0.2, 0.25) is 0 Å². The second kappa shape index (κ2) is 15.5. The number of alkyl carbamates (subject to hydrolysis) is 1. The van der Waals surface area contributed by atoms with Gasteiger partial charge in [-0.2, -0.15) is 0 Å². The number of ether oxygens (including phenoxy) is 3. The lowest BCUT2D eigenvalue weighted by Gasteiger charge is -2.36. The van der Waals surface area contributed by atoms with Gasteiger partial charge >= 0.3 is 6.09 Å². The molecule has 3 N–H and O–H groups in total. The predicted molar refractivity (Wildman–Crippen MR) is 219 cm³/mol. The molecule has 14 nitrogen and oxygen atoms in total. The molecule has 0 unspecified atom stereocenters. The number of likely N-dealkylation sites (tertiary alicyclic amines) is 1. The van der Waals surface area contributed by atoms with Crippen LogP contribution < -0.4 is 24.8 Å². The summed E-state index contributed by atoms with van der Waals surface area (Å²) in [6.45, 7) is 16.0. The van der Waals surface area contributed by atoms with Gasteiger partial charge in [0.1, 0.15) is 40.8 Å². The van der Waals surface area contributed by atoms with E-state index in [-0.39, 0.29) is 19.4 Å². The maximum Gasteiger partial charge on any atom is 0.408 e. The maximum atomic E-state index is 14.7. The first kappa shape index (κ1) is 42.4. The lowest BCUT2D eigenvalue weighted by molar-refractivity contribution is -0.143. The van der Waals surface area contributed by atoms with E-state index in [2.05, 4.69) is 21.9 Å². The molecule has 3 fully saturated rings. The van der Waals surface area contributed by atoms with Gasteiger partial charge in [0.2, 0.25) is 21.8 Å². The standard InChI is InChI=1S/C43H55N5O9S/c1-10-27-24-43(27,38(51)47-58(53,54)42(11-2)19-20-42)46-36(49)33-22-29(25-48(33)37(50)35(40(3,4)5)45-39(52)57-41(6,7)8)56-34-23-31(26-15-13-12-14-16-26)44-32-21-28(55-9)17-18-30(32)34/h10,12-18,21,23,27,29,33,35H,1,11,19-20,22,24-25H2,2-9H3,(H,45,52)(H,46,49)(H,47,51)/t27-,29+,33-,35+,43-/m0/s1. The normalized spacial score (nSPS) is 23.0. The van der Waals surface area contributed by atoms with Crippen molar-refractivity contribution in [1.29, 1.82) is 0 Å². The molecule has 0 spiro atoms. The fraction of sp³-hybridized carbons (Fsp3) is 0.512. The van der Waals surface area contributed by atoms with Crippen molar-refractivity contribution in [2.24, 2.45) is 11.3 Å². The van der Waals surface area contributed by atoms with Crippen molar-refractivity contribution in [3.05, 3.63) is 67.3 Å². The minimum absolute atomic E-state index is 0.00914. The predicted octanol–water partition coefficient (Wildman–Crippen LogP) is 5.65. The Kier molecular flexibility index (Phi) is 11.4. The first-order valence-corrected chi connectivity index (χ1v) is 21.2. The number of aromatic nitrogens is 1. The van der Waals surface area contributed by atoms with E-state index >= 15 is 0 Å². The van der Waals surface area contributed by atoms with Crippen LogP contribution in [0, 0.1) is 11.3 Å². The fourth-order valence-electron chi connectivity index (χ4n) is 7.56. The van der Waals surface area contributed by atoms with Crippen molar-refractivity contribution in [1.82, 2.24) is 25.2 Å². The van der Waals surface area contributed by atoms with Crippen molar-refractivity contribution >= 4 is 44.7 Å². The lowest BCUT2D eigenvalue weighted by atomic mass is 9.85. The molecule has 6 rings (SSSR count). The molecule has 4 amide bonds. The summed E-state index contributed by atoms with van der Waals surface area (Å²) in [4.78, 5) is 62.5. The number of hydrogen-bond acceptors (Lipinski definition) is 10. The third-order valence-corrected chi connectivity index (χ3v) is 13.6. The third-order valence-electron chi connectivity index (χ3n) is 11.3. The number of carbonyl (C=O) groups excluding carboxylic acids is 4. The van der Waals surface area contributed by atoms with Crippen LogP contribution in [0.25, 0.3) is 22.2 Å². The molecule has 58 heavy (non-hydrogen) atoms. The molecule has 2 heterocycles. The smallest absolute Gasteiger partial charge is 0.408 e. The number of carbonyl (C=O) groups is 4. The van der Waals surface area contributed by atoms with E-state index in [0.717, 1.165) is 5.56 Å². The number of amides is 4. The van der Waals surface area contributed by atoms with Gasteiger partial charge in [0.05, 0.1) is 29.6 Å². The van der Waals surface area contributed by atoms with Crippen molar-refractivity contribution in [3.63, 3.8) is 0 Å². The number of hydrogen-bond donors (Lipinski definition) is 3. The van der Waals surface area contributed by atoms with Gasteiger partial charge in [-0.3, -0.25) is 19.1 Å². The van der Waals surface area contributed by atoms with Crippen molar-refractivity contribution in [2.45, 2.75) is 115 Å². The summed E-state index contributed by atoms with van der Waals surface area (Å²) in [5.41, 5.74) is -1.19. The molecule has 0 radical (unpaired) electrons. The zero-order chi connectivity index (χ0) is 42.4. The Morgan fingerprint density at radius 3 is 2.29 bits per heavy atom. The molecule has 2 aromatic carbocycles. The van der Waals surface area contributed by atoms with Crippen LogP contribution in [0.15, 0.2) is 67.3 Å². The Labute approximate surface area is 340 Å². The van der Waals surface area contributed by atoms with E-state index < -0.39 is 79.2 Å². The zero-order valence-electron chi connectivity index (χ0n) is 34.5. The molecule has 3 aromatic rings. The minimum Gasteiger partial charge on any atom is -0.497 e. The van der Waals surface area contributed by atoms with Crippen molar-refractivity contribution in [2.75, 3.05) is 13.7 Å². The minimum atomic E-state index is -4.03. The highest BCUT2D eigenvalue weighted by Gasteiger charge is 2.63. The monoisotopic (exact) mass is 817 g/mol. The highest BCUT2D eigenvalue weighted by molar-refractivity contribution is 7.91. The van der Waals surface area contributed by atoms with Crippen LogP contribution in [0.1, 0.15) is 80.6 Å². The molecule has 5 atom stereocenters. The Balaban J connectivity index is 1.35. The molecular formula is C43H55N5O9S. The summed E-state index contributed by atoms with van der Waals surface area (Å²) in [7, 11) is -2.46. The number of nitrogens with zero attached hydrogens (tertiary/aromatic N) is 2. The first-order chi connectivity index (χ1) is 27.2. The molecule has 1 aromatic heterocycles. The van der Waals surface area contributed by atoms with Crippen LogP contribution in [-0.4, -0.2) is 89.8 Å². The van der Waals surface area contributed by atoms with Gasteiger partial charge in [-0.1, -0.05) is 64.1 Å². The number of fused-ring (bicyclic) bond motifs is 1.